The van der Waals surface area contributed by atoms with E-state index in [0.29, 0.717) is 17.1 Å². The number of aryl methyl sites for hydroxylation is 1. The van der Waals surface area contributed by atoms with Crippen molar-refractivity contribution < 1.29 is 8.78 Å². The molecule has 0 saturated carbocycles. The number of benzene rings is 2. The largest absolute Gasteiger partial charge is 0.337 e. The number of pyridine rings is 1. The van der Waals surface area contributed by atoms with E-state index in [9.17, 15) is 8.78 Å². The molecule has 128 valence electrons. The SMILES string of the molecule is Cc1cccc(F)c1-c1nc(-c2ccc(F)cc2)c(-c2ccncc2)[nH]1. The molecule has 0 radical (unpaired) electrons. The van der Waals surface area contributed by atoms with E-state index in [1.807, 2.05) is 25.1 Å². The number of hydrogen-bond acceptors (Lipinski definition) is 2. The highest BCUT2D eigenvalue weighted by Gasteiger charge is 2.18. The fraction of sp³-hybridized carbons (Fsp3) is 0.0476. The zero-order valence-corrected chi connectivity index (χ0v) is 14.0. The molecule has 5 heteroatoms. The Morgan fingerprint density at radius 1 is 0.846 bits per heavy atom. The molecular weight excluding hydrogens is 332 g/mol. The van der Waals surface area contributed by atoms with Crippen LogP contribution in [-0.2, 0) is 0 Å². The Kier molecular flexibility index (Phi) is 4.05. The number of imidazole rings is 1. The van der Waals surface area contributed by atoms with Gasteiger partial charge in [-0.25, -0.2) is 13.8 Å². The van der Waals surface area contributed by atoms with Gasteiger partial charge in [0.2, 0.25) is 0 Å². The van der Waals surface area contributed by atoms with Crippen molar-refractivity contribution in [3.05, 3.63) is 84.2 Å². The Labute approximate surface area is 149 Å². The van der Waals surface area contributed by atoms with Gasteiger partial charge >= 0.3 is 0 Å². The second-order valence-corrected chi connectivity index (χ2v) is 5.98. The summed E-state index contributed by atoms with van der Waals surface area (Å²) in [7, 11) is 0. The van der Waals surface area contributed by atoms with E-state index >= 15 is 0 Å². The van der Waals surface area contributed by atoms with E-state index in [-0.39, 0.29) is 11.6 Å². The van der Waals surface area contributed by atoms with Crippen LogP contribution < -0.4 is 0 Å². The van der Waals surface area contributed by atoms with Gasteiger partial charge in [0, 0.05) is 23.5 Å². The first kappa shape index (κ1) is 16.1. The standard InChI is InChI=1S/C21H15F2N3/c1-13-3-2-4-17(23)18(13)21-25-19(14-5-7-16(22)8-6-14)20(26-21)15-9-11-24-12-10-15/h2-12H,1H3,(H,25,26). The molecule has 0 atom stereocenters. The lowest BCUT2D eigenvalue weighted by Crippen LogP contribution is -1.90. The van der Waals surface area contributed by atoms with Crippen LogP contribution in [0.1, 0.15) is 5.56 Å². The molecular formula is C21H15F2N3. The first-order chi connectivity index (χ1) is 12.6. The van der Waals surface area contributed by atoms with Gasteiger partial charge in [0.05, 0.1) is 17.0 Å². The number of aromatic amines is 1. The van der Waals surface area contributed by atoms with Crippen molar-refractivity contribution in [3.63, 3.8) is 0 Å². The maximum absolute atomic E-state index is 14.4. The summed E-state index contributed by atoms with van der Waals surface area (Å²) < 4.78 is 27.7. The van der Waals surface area contributed by atoms with Crippen LogP contribution in [0.15, 0.2) is 67.0 Å². The quantitative estimate of drug-likeness (QED) is 0.540. The van der Waals surface area contributed by atoms with E-state index in [4.69, 9.17) is 0 Å². The van der Waals surface area contributed by atoms with Gasteiger partial charge in [-0.1, -0.05) is 12.1 Å². The van der Waals surface area contributed by atoms with Crippen molar-refractivity contribution in [1.82, 2.24) is 15.0 Å². The molecule has 1 N–H and O–H groups in total. The molecule has 4 aromatic rings. The summed E-state index contributed by atoms with van der Waals surface area (Å²) in [4.78, 5) is 11.9. The zero-order valence-electron chi connectivity index (χ0n) is 14.0. The van der Waals surface area contributed by atoms with Crippen LogP contribution in [0, 0.1) is 18.6 Å². The minimum atomic E-state index is -0.342. The number of nitrogens with zero attached hydrogens (tertiary/aromatic N) is 2. The van der Waals surface area contributed by atoms with Gasteiger partial charge in [-0.2, -0.15) is 0 Å². The highest BCUT2D eigenvalue weighted by Crippen LogP contribution is 2.34. The summed E-state index contributed by atoms with van der Waals surface area (Å²) in [6.45, 7) is 1.84. The lowest BCUT2D eigenvalue weighted by molar-refractivity contribution is 0.628. The number of hydrogen-bond donors (Lipinski definition) is 1. The molecule has 0 saturated heterocycles. The monoisotopic (exact) mass is 347 g/mol. The van der Waals surface area contributed by atoms with Gasteiger partial charge < -0.3 is 4.98 Å². The third-order valence-corrected chi connectivity index (χ3v) is 4.25. The second kappa shape index (κ2) is 6.52. The highest BCUT2D eigenvalue weighted by atomic mass is 19.1. The third kappa shape index (κ3) is 2.88. The topological polar surface area (TPSA) is 41.6 Å². The molecule has 0 aliphatic rings. The number of rotatable bonds is 3. The summed E-state index contributed by atoms with van der Waals surface area (Å²) in [6.07, 6.45) is 3.36. The normalized spacial score (nSPS) is 10.9. The fourth-order valence-electron chi connectivity index (χ4n) is 2.97. The lowest BCUT2D eigenvalue weighted by Gasteiger charge is -2.03. The Balaban J connectivity index is 1.95. The maximum Gasteiger partial charge on any atom is 0.141 e. The predicted octanol–water partition coefficient (Wildman–Crippen LogP) is 5.39. The van der Waals surface area contributed by atoms with Crippen LogP contribution in [0.25, 0.3) is 33.9 Å². The number of aromatic nitrogens is 3. The molecule has 0 fully saturated rings. The van der Waals surface area contributed by atoms with E-state index in [1.54, 1.807) is 30.6 Å². The Hall–Kier alpha value is -3.34. The molecule has 0 unspecified atom stereocenters. The number of H-pyrrole nitrogens is 1. The van der Waals surface area contributed by atoms with Crippen molar-refractivity contribution in [2.45, 2.75) is 6.92 Å². The molecule has 0 amide bonds. The van der Waals surface area contributed by atoms with E-state index < -0.39 is 0 Å². The van der Waals surface area contributed by atoms with E-state index in [2.05, 4.69) is 15.0 Å². The Morgan fingerprint density at radius 2 is 1.58 bits per heavy atom. The molecule has 0 spiro atoms. The van der Waals surface area contributed by atoms with Gasteiger partial charge in [-0.15, -0.1) is 0 Å². The van der Waals surface area contributed by atoms with E-state index in [1.165, 1.54) is 18.2 Å². The summed E-state index contributed by atoms with van der Waals surface area (Å²) in [5.74, 6) is -0.225. The average Bonchev–Trinajstić information content (AvgIpc) is 3.08. The minimum Gasteiger partial charge on any atom is -0.337 e. The Morgan fingerprint density at radius 3 is 2.27 bits per heavy atom. The summed E-state index contributed by atoms with van der Waals surface area (Å²) >= 11 is 0. The summed E-state index contributed by atoms with van der Waals surface area (Å²) in [5, 5.41) is 0. The van der Waals surface area contributed by atoms with Crippen molar-refractivity contribution in [2.75, 3.05) is 0 Å². The molecule has 4 rings (SSSR count). The van der Waals surface area contributed by atoms with Gasteiger partial charge in [0.1, 0.15) is 17.5 Å². The third-order valence-electron chi connectivity index (χ3n) is 4.25. The van der Waals surface area contributed by atoms with Gasteiger partial charge in [-0.3, -0.25) is 4.98 Å². The van der Waals surface area contributed by atoms with Crippen LogP contribution in [0.2, 0.25) is 0 Å². The van der Waals surface area contributed by atoms with Crippen LogP contribution in [-0.4, -0.2) is 15.0 Å². The highest BCUT2D eigenvalue weighted by molar-refractivity contribution is 5.81. The maximum atomic E-state index is 14.4. The molecule has 0 bridgehead atoms. The van der Waals surface area contributed by atoms with Crippen LogP contribution in [0.5, 0.6) is 0 Å². The molecule has 2 aromatic carbocycles. The Bertz CT molecular complexity index is 1030. The van der Waals surface area contributed by atoms with Gasteiger partial charge in [-0.05, 0) is 55.0 Å². The second-order valence-electron chi connectivity index (χ2n) is 5.98. The predicted molar refractivity (Wildman–Crippen MR) is 97.3 cm³/mol. The molecule has 3 nitrogen and oxygen atoms in total. The van der Waals surface area contributed by atoms with Crippen molar-refractivity contribution in [2.24, 2.45) is 0 Å². The first-order valence-corrected chi connectivity index (χ1v) is 8.15. The molecule has 26 heavy (non-hydrogen) atoms. The summed E-state index contributed by atoms with van der Waals surface area (Å²) in [5.41, 5.74) is 4.19. The first-order valence-electron chi connectivity index (χ1n) is 8.15. The van der Waals surface area contributed by atoms with Gasteiger partial charge in [0.25, 0.3) is 0 Å². The smallest absolute Gasteiger partial charge is 0.141 e. The average molecular weight is 347 g/mol. The fourth-order valence-corrected chi connectivity index (χ4v) is 2.97. The molecule has 2 aromatic heterocycles. The number of halogens is 2. The van der Waals surface area contributed by atoms with Crippen LogP contribution in [0.4, 0.5) is 8.78 Å². The zero-order chi connectivity index (χ0) is 18.1. The molecule has 0 aliphatic carbocycles. The van der Waals surface area contributed by atoms with E-state index in [0.717, 1.165) is 22.4 Å². The van der Waals surface area contributed by atoms with Crippen LogP contribution >= 0.6 is 0 Å². The van der Waals surface area contributed by atoms with Crippen molar-refractivity contribution >= 4 is 0 Å². The molecule has 0 aliphatic heterocycles. The summed E-state index contributed by atoms with van der Waals surface area (Å²) in [6, 6.07) is 14.7. The molecule has 2 heterocycles. The minimum absolute atomic E-state index is 0.320. The lowest BCUT2D eigenvalue weighted by atomic mass is 10.1. The van der Waals surface area contributed by atoms with Crippen LogP contribution in [0.3, 0.4) is 0 Å². The van der Waals surface area contributed by atoms with Crippen molar-refractivity contribution in [3.8, 4) is 33.9 Å². The van der Waals surface area contributed by atoms with Crippen molar-refractivity contribution in [1.29, 1.82) is 0 Å². The number of nitrogens with one attached hydrogen (secondary N) is 1. The van der Waals surface area contributed by atoms with Gasteiger partial charge in [0.15, 0.2) is 0 Å².